The van der Waals surface area contributed by atoms with Gasteiger partial charge in [0, 0.05) is 28.4 Å². The number of ether oxygens (including phenoxy) is 5. The van der Waals surface area contributed by atoms with E-state index < -0.39 is 60.0 Å². The zero-order chi connectivity index (χ0) is 51.0. The molecule has 21 heteroatoms. The fraction of sp³-hybridized carbons (Fsp3) is 0.380. The number of methoxy groups -OCH3 is 1. The maximum absolute atomic E-state index is 14.8. The molecule has 2 aliphatic heterocycles. The molecule has 8 bridgehead atoms. The lowest BCUT2D eigenvalue weighted by Crippen LogP contribution is -2.45. The Morgan fingerprint density at radius 2 is 1.10 bits per heavy atom. The largest absolute Gasteiger partial charge is 0.474 e. The van der Waals surface area contributed by atoms with E-state index >= 15 is 0 Å². The molecule has 0 amide bonds. The van der Waals surface area contributed by atoms with Gasteiger partial charge in [-0.3, -0.25) is 0 Å². The number of aromatic nitrogens is 6. The van der Waals surface area contributed by atoms with Crippen molar-refractivity contribution < 1.29 is 63.7 Å². The van der Waals surface area contributed by atoms with Crippen LogP contribution in [-0.2, 0) is 38.6 Å². The van der Waals surface area contributed by atoms with Crippen molar-refractivity contribution in [1.82, 2.24) is 30.4 Å². The lowest BCUT2D eigenvalue weighted by molar-refractivity contribution is -0.299. The average Bonchev–Trinajstić information content (AvgIpc) is 4.03. The fourth-order valence-electron chi connectivity index (χ4n) is 7.54. The van der Waals surface area contributed by atoms with Crippen LogP contribution >= 0.6 is 15.9 Å². The first-order chi connectivity index (χ1) is 33.8. The Morgan fingerprint density at radius 1 is 0.662 bits per heavy atom. The normalized spacial score (nSPS) is 20.6. The topological polar surface area (TPSA) is 167 Å². The van der Waals surface area contributed by atoms with Crippen LogP contribution in [-0.4, -0.2) is 68.0 Å². The van der Waals surface area contributed by atoms with E-state index in [2.05, 4.69) is 46.3 Å². The van der Waals surface area contributed by atoms with Gasteiger partial charge in [0.05, 0.1) is 25.9 Å². The molecule has 4 atom stereocenters. The molecular weight excluding hydrogens is 1010 g/mol. The number of esters is 1. The van der Waals surface area contributed by atoms with Crippen molar-refractivity contribution in [3.8, 4) is 34.9 Å². The van der Waals surface area contributed by atoms with Crippen LogP contribution in [0.25, 0.3) is 23.2 Å². The molecule has 14 nitrogen and oxygen atoms in total. The van der Waals surface area contributed by atoms with E-state index in [-0.39, 0.29) is 67.0 Å². The summed E-state index contributed by atoms with van der Waals surface area (Å²) in [7, 11) is 1.18. The second-order valence-corrected chi connectivity index (χ2v) is 17.7. The van der Waals surface area contributed by atoms with E-state index in [1.807, 2.05) is 13.8 Å². The molecular formula is C50H49BrF6N6O8. The molecule has 6 aromatic rings. The molecule has 0 saturated carbocycles. The monoisotopic (exact) mass is 1050 g/mol. The number of carbonyl (C=O) groups excluding carboxylic acids is 1. The average molecular weight is 1060 g/mol. The molecule has 8 rings (SSSR count). The molecule has 0 spiro atoms. The lowest BCUT2D eigenvalue weighted by Gasteiger charge is -2.32. The van der Waals surface area contributed by atoms with Crippen LogP contribution in [0.15, 0.2) is 110 Å². The predicted molar refractivity (Wildman–Crippen MR) is 248 cm³/mol. The summed E-state index contributed by atoms with van der Waals surface area (Å²) in [6.07, 6.45) is -3.31. The minimum absolute atomic E-state index is 0.0225. The number of nitrogens with zero attached hydrogens (tertiary/aromatic N) is 6. The van der Waals surface area contributed by atoms with Gasteiger partial charge in [-0.1, -0.05) is 85.0 Å². The van der Waals surface area contributed by atoms with Gasteiger partial charge >= 0.3 is 18.3 Å². The molecule has 0 fully saturated rings. The number of pyridine rings is 2. The highest BCUT2D eigenvalue weighted by atomic mass is 79.9. The summed E-state index contributed by atoms with van der Waals surface area (Å²) in [6, 6.07) is 20.4. The van der Waals surface area contributed by atoms with Gasteiger partial charge in [0.2, 0.25) is 23.0 Å². The van der Waals surface area contributed by atoms with E-state index in [1.54, 1.807) is 105 Å². The molecule has 2 aromatic carbocycles. The van der Waals surface area contributed by atoms with Crippen LogP contribution in [0.3, 0.4) is 0 Å². The van der Waals surface area contributed by atoms with Crippen LogP contribution < -0.4 is 9.47 Å². The summed E-state index contributed by atoms with van der Waals surface area (Å²) in [5, 5.41) is 15.2. The number of allylic oxidation sites excluding steroid dienone is 2. The first kappa shape index (κ1) is 52.4. The number of alkyl halides is 6. The first-order valence-electron chi connectivity index (χ1n) is 22.4. The Morgan fingerprint density at radius 3 is 1.55 bits per heavy atom. The maximum atomic E-state index is 14.8. The van der Waals surface area contributed by atoms with Crippen molar-refractivity contribution in [2.45, 2.75) is 115 Å². The second kappa shape index (κ2) is 22.3. The molecule has 0 saturated heterocycles. The van der Waals surface area contributed by atoms with E-state index in [1.165, 1.54) is 13.2 Å². The zero-order valence-corrected chi connectivity index (χ0v) is 40.7. The van der Waals surface area contributed by atoms with E-state index in [0.717, 1.165) is 5.56 Å². The van der Waals surface area contributed by atoms with Gasteiger partial charge in [-0.15, -0.1) is 20.4 Å². The van der Waals surface area contributed by atoms with Gasteiger partial charge in [-0.25, -0.2) is 14.8 Å². The number of carbonyl (C=O) groups is 1. The highest BCUT2D eigenvalue weighted by Gasteiger charge is 2.62. The number of benzene rings is 2. The van der Waals surface area contributed by atoms with Gasteiger partial charge in [0.25, 0.3) is 23.6 Å². The summed E-state index contributed by atoms with van der Waals surface area (Å²) in [5.41, 5.74) is -3.26. The van der Waals surface area contributed by atoms with Gasteiger partial charge in [0.15, 0.2) is 0 Å². The third-order valence-corrected chi connectivity index (χ3v) is 12.0. The SMILES string of the molecule is COC(=O)c1cc(C)c2nc1-c1nnc(o1)[C@@](OCc1ccccc1)(C(F)(F)F)CCC=CC[C@@H](C)O2.Cc1cc(Br)c2nc1O[C@H](C)CC=CCC[C@](OCc1ccccc1)(C(F)(F)F)c1nnc-2o1. The molecule has 376 valence electrons. The van der Waals surface area contributed by atoms with Crippen molar-refractivity contribution in [3.63, 3.8) is 0 Å². The van der Waals surface area contributed by atoms with E-state index in [0.29, 0.717) is 39.9 Å². The predicted octanol–water partition coefficient (Wildman–Crippen LogP) is 12.4. The molecule has 0 radical (unpaired) electrons. The Kier molecular flexibility index (Phi) is 16.5. The number of hydrogen-bond donors (Lipinski definition) is 0. The van der Waals surface area contributed by atoms with Crippen LogP contribution in [0, 0.1) is 13.8 Å². The van der Waals surface area contributed by atoms with Crippen molar-refractivity contribution in [3.05, 3.63) is 141 Å². The smallest absolute Gasteiger partial charge is 0.426 e. The van der Waals surface area contributed by atoms with E-state index in [4.69, 9.17) is 32.5 Å². The van der Waals surface area contributed by atoms with Crippen molar-refractivity contribution >= 4 is 21.9 Å². The summed E-state index contributed by atoms with van der Waals surface area (Å²) in [5.74, 6) is -2.24. The standard InChI is InChI=1S/C26H26F3N3O5.C24H23BrF3N3O3/c1-16-14-19(23(33)34-3)20-22-31-32-24(37-22)25(26(27,28)29,35-15-18-11-7-4-8-12-18)13-9-5-6-10-17(2)36-21(16)30-20;1-15-13-18(25)19-21-30-31-22(34-21)23(24(26,27)28,32-14-17-10-6-3-7-11-17)12-8-4-5-9-16(2)33-20(15)29-19/h4-8,11-12,14,17H,9-10,13,15H2,1-3H3;3-7,10-11,13,16H,8-9,12,14H2,1-2H3/t17-,25-;16-,23-/m11/s1. The van der Waals surface area contributed by atoms with Crippen LogP contribution in [0.2, 0.25) is 0 Å². The van der Waals surface area contributed by atoms with Crippen molar-refractivity contribution in [1.29, 1.82) is 0 Å². The molecule has 4 aromatic heterocycles. The second-order valence-electron chi connectivity index (χ2n) is 16.8. The first-order valence-corrected chi connectivity index (χ1v) is 23.2. The number of aryl methyl sites for hydroxylation is 2. The van der Waals surface area contributed by atoms with Gasteiger partial charge in [-0.05, 0) is 92.6 Å². The molecule has 2 aliphatic rings. The van der Waals surface area contributed by atoms with Gasteiger partial charge in [0.1, 0.15) is 23.6 Å². The van der Waals surface area contributed by atoms with Crippen LogP contribution in [0.5, 0.6) is 11.8 Å². The Hall–Kier alpha value is -6.45. The third-order valence-electron chi connectivity index (χ3n) is 11.4. The highest BCUT2D eigenvalue weighted by molar-refractivity contribution is 9.10. The number of fused-ring (bicyclic) bond motifs is 10. The van der Waals surface area contributed by atoms with Gasteiger partial charge < -0.3 is 32.5 Å². The van der Waals surface area contributed by atoms with E-state index in [9.17, 15) is 31.1 Å². The summed E-state index contributed by atoms with van der Waals surface area (Å²) >= 11 is 3.39. The molecule has 0 unspecified atom stereocenters. The highest BCUT2D eigenvalue weighted by Crippen LogP contribution is 2.48. The minimum Gasteiger partial charge on any atom is -0.474 e. The molecule has 6 heterocycles. The molecule has 0 N–H and O–H groups in total. The Labute approximate surface area is 413 Å². The van der Waals surface area contributed by atoms with Crippen molar-refractivity contribution in [2.75, 3.05) is 7.11 Å². The summed E-state index contributed by atoms with van der Waals surface area (Å²) in [6.45, 7) is 6.57. The van der Waals surface area contributed by atoms with Crippen LogP contribution in [0.1, 0.15) is 96.8 Å². The number of halogens is 7. The molecule has 0 aliphatic carbocycles. The lowest BCUT2D eigenvalue weighted by atomic mass is 9.95. The maximum Gasteiger partial charge on any atom is 0.426 e. The minimum atomic E-state index is -4.90. The molecule has 71 heavy (non-hydrogen) atoms. The summed E-state index contributed by atoms with van der Waals surface area (Å²) in [4.78, 5) is 21.3. The van der Waals surface area contributed by atoms with Gasteiger partial charge in [-0.2, -0.15) is 26.3 Å². The Bertz CT molecular complexity index is 2820. The van der Waals surface area contributed by atoms with Crippen LogP contribution in [0.4, 0.5) is 26.3 Å². The number of hydrogen-bond acceptors (Lipinski definition) is 14. The zero-order valence-electron chi connectivity index (χ0n) is 39.1. The number of rotatable bonds is 7. The fourth-order valence-corrected chi connectivity index (χ4v) is 8.14. The Balaban J connectivity index is 0.000000209. The quantitative estimate of drug-likeness (QED) is 0.0841. The summed E-state index contributed by atoms with van der Waals surface area (Å²) < 4.78 is 128. The van der Waals surface area contributed by atoms with Crippen molar-refractivity contribution in [2.24, 2.45) is 0 Å². The third kappa shape index (κ3) is 12.0.